The van der Waals surface area contributed by atoms with Crippen molar-refractivity contribution >= 4 is 33.7 Å². The highest BCUT2D eigenvalue weighted by atomic mass is 35.5. The Bertz CT molecular complexity index is 1470. The maximum absolute atomic E-state index is 13.0. The number of halogens is 2. The molecule has 4 aromatic rings. The molecule has 0 fully saturated rings. The normalized spacial score (nSPS) is 11.6. The van der Waals surface area contributed by atoms with Gasteiger partial charge < -0.3 is 0 Å². The minimum Gasteiger partial charge on any atom is -0.265 e. The van der Waals surface area contributed by atoms with E-state index < -0.39 is 15.9 Å². The van der Waals surface area contributed by atoms with Crippen molar-refractivity contribution in [3.8, 4) is 16.9 Å². The molecule has 0 radical (unpaired) electrons. The van der Waals surface area contributed by atoms with Gasteiger partial charge in [-0.25, -0.2) is 28.1 Å². The molecule has 34 heavy (non-hydrogen) atoms. The van der Waals surface area contributed by atoms with Crippen molar-refractivity contribution in [2.75, 3.05) is 0 Å². The van der Waals surface area contributed by atoms with E-state index in [4.69, 9.17) is 16.7 Å². The van der Waals surface area contributed by atoms with Gasteiger partial charge in [0.15, 0.2) is 5.69 Å². The van der Waals surface area contributed by atoms with Crippen LogP contribution in [0.25, 0.3) is 16.9 Å². The first kappa shape index (κ1) is 23.3. The van der Waals surface area contributed by atoms with Gasteiger partial charge >= 0.3 is 0 Å². The van der Waals surface area contributed by atoms with Crippen LogP contribution in [0, 0.1) is 5.82 Å². The van der Waals surface area contributed by atoms with E-state index in [2.05, 4.69) is 15.6 Å². The average molecular weight is 498 g/mol. The Labute approximate surface area is 199 Å². The molecule has 3 aromatic carbocycles. The Hall–Kier alpha value is -3.86. The summed E-state index contributed by atoms with van der Waals surface area (Å²) in [5.74, 6) is -0.952. The van der Waals surface area contributed by atoms with Crippen LogP contribution < -0.4 is 10.6 Å². The smallest absolute Gasteiger partial charge is 0.265 e. The molecule has 0 saturated heterocycles. The van der Waals surface area contributed by atoms with Crippen molar-refractivity contribution in [2.24, 2.45) is 10.2 Å². The highest BCUT2D eigenvalue weighted by Gasteiger charge is 2.17. The highest BCUT2D eigenvalue weighted by molar-refractivity contribution is 7.89. The van der Waals surface area contributed by atoms with Crippen LogP contribution >= 0.6 is 11.6 Å². The molecule has 1 amide bonds. The first-order valence-electron chi connectivity index (χ1n) is 9.79. The van der Waals surface area contributed by atoms with Gasteiger partial charge in [0.2, 0.25) is 10.0 Å². The van der Waals surface area contributed by atoms with E-state index >= 15 is 0 Å². The molecule has 0 atom stereocenters. The lowest BCUT2D eigenvalue weighted by Gasteiger charge is -2.08. The number of nitrogens with one attached hydrogen (secondary N) is 1. The lowest BCUT2D eigenvalue weighted by molar-refractivity contribution is 0.0949. The predicted molar refractivity (Wildman–Crippen MR) is 127 cm³/mol. The Balaban J connectivity index is 1.66. The summed E-state index contributed by atoms with van der Waals surface area (Å²) in [6.07, 6.45) is 1.38. The number of rotatable bonds is 6. The van der Waals surface area contributed by atoms with Gasteiger partial charge in [0.25, 0.3) is 5.91 Å². The summed E-state index contributed by atoms with van der Waals surface area (Å²) in [6, 6.07) is 19.9. The molecule has 0 saturated carbocycles. The van der Waals surface area contributed by atoms with Crippen molar-refractivity contribution in [3.63, 3.8) is 0 Å². The van der Waals surface area contributed by atoms with E-state index in [-0.39, 0.29) is 16.4 Å². The summed E-state index contributed by atoms with van der Waals surface area (Å²) in [5.41, 5.74) is 4.85. The number of hydrazone groups is 1. The van der Waals surface area contributed by atoms with Crippen molar-refractivity contribution in [1.82, 2.24) is 15.2 Å². The van der Waals surface area contributed by atoms with Crippen LogP contribution in [0.2, 0.25) is 5.02 Å². The summed E-state index contributed by atoms with van der Waals surface area (Å²) < 4.78 is 37.7. The number of sulfonamides is 1. The van der Waals surface area contributed by atoms with Crippen LogP contribution in [0.15, 0.2) is 88.9 Å². The molecular formula is C23H17ClFN5O3S. The van der Waals surface area contributed by atoms with Gasteiger partial charge in [0.05, 0.1) is 22.5 Å². The molecule has 172 valence electrons. The molecule has 0 unspecified atom stereocenters. The Kier molecular flexibility index (Phi) is 6.55. The second kappa shape index (κ2) is 9.56. The van der Waals surface area contributed by atoms with E-state index in [9.17, 15) is 17.6 Å². The maximum Gasteiger partial charge on any atom is 0.291 e. The quantitative estimate of drug-likeness (QED) is 0.311. The fourth-order valence-corrected chi connectivity index (χ4v) is 3.71. The summed E-state index contributed by atoms with van der Waals surface area (Å²) in [5, 5.41) is 14.0. The number of nitrogens with two attached hydrogens (primary N) is 1. The molecule has 0 bridgehead atoms. The van der Waals surface area contributed by atoms with E-state index in [1.807, 2.05) is 0 Å². The first-order chi connectivity index (χ1) is 16.2. The number of carbonyl (C=O) groups is 1. The molecule has 0 aliphatic heterocycles. The van der Waals surface area contributed by atoms with Gasteiger partial charge in [-0.3, -0.25) is 4.79 Å². The number of nitrogens with zero attached hydrogens (tertiary/aromatic N) is 3. The fourth-order valence-electron chi connectivity index (χ4n) is 3.06. The van der Waals surface area contributed by atoms with Crippen LogP contribution in [-0.2, 0) is 10.0 Å². The van der Waals surface area contributed by atoms with E-state index in [1.165, 1.54) is 59.4 Å². The summed E-state index contributed by atoms with van der Waals surface area (Å²) in [6.45, 7) is 0. The zero-order valence-electron chi connectivity index (χ0n) is 17.4. The standard InChI is InChI=1S/C23H17ClFN5O3S/c24-17-5-3-16(4-6-17)22-13-21(23(31)28-27-14-15-1-7-18(25)8-2-15)29-30(22)19-9-11-20(12-10-19)34(26,32)33/h1-14H,(H,28,31)(H2,26,32,33)/b27-14-. The lowest BCUT2D eigenvalue weighted by Crippen LogP contribution is -2.18. The minimum atomic E-state index is -3.86. The van der Waals surface area contributed by atoms with E-state index in [0.717, 1.165) is 5.56 Å². The zero-order chi connectivity index (χ0) is 24.3. The summed E-state index contributed by atoms with van der Waals surface area (Å²) in [7, 11) is -3.86. The van der Waals surface area contributed by atoms with Gasteiger partial charge in [0, 0.05) is 10.6 Å². The van der Waals surface area contributed by atoms with Crippen molar-refractivity contribution in [3.05, 3.63) is 101 Å². The molecule has 0 spiro atoms. The lowest BCUT2D eigenvalue weighted by atomic mass is 10.1. The fraction of sp³-hybridized carbons (Fsp3) is 0. The molecule has 8 nitrogen and oxygen atoms in total. The van der Waals surface area contributed by atoms with Gasteiger partial charge in [-0.05, 0) is 60.2 Å². The van der Waals surface area contributed by atoms with Gasteiger partial charge in [-0.2, -0.15) is 10.2 Å². The minimum absolute atomic E-state index is 0.0513. The molecule has 1 heterocycles. The van der Waals surface area contributed by atoms with Crippen molar-refractivity contribution in [1.29, 1.82) is 0 Å². The average Bonchev–Trinajstić information content (AvgIpc) is 3.26. The Morgan fingerprint density at radius 3 is 2.29 bits per heavy atom. The van der Waals surface area contributed by atoms with Crippen LogP contribution in [0.4, 0.5) is 4.39 Å². The molecule has 1 aromatic heterocycles. The molecule has 0 aliphatic rings. The van der Waals surface area contributed by atoms with Crippen LogP contribution in [0.5, 0.6) is 0 Å². The Morgan fingerprint density at radius 2 is 1.68 bits per heavy atom. The highest BCUT2D eigenvalue weighted by Crippen LogP contribution is 2.26. The third kappa shape index (κ3) is 5.37. The summed E-state index contributed by atoms with van der Waals surface area (Å²) >= 11 is 6.00. The first-order valence-corrected chi connectivity index (χ1v) is 11.7. The third-order valence-corrected chi connectivity index (χ3v) is 5.92. The van der Waals surface area contributed by atoms with E-state index in [0.29, 0.717) is 22.0 Å². The molecule has 3 N–H and O–H groups in total. The molecule has 11 heteroatoms. The second-order valence-corrected chi connectivity index (χ2v) is 9.12. The number of hydrogen-bond acceptors (Lipinski definition) is 5. The third-order valence-electron chi connectivity index (χ3n) is 4.74. The number of amides is 1. The van der Waals surface area contributed by atoms with Crippen molar-refractivity contribution in [2.45, 2.75) is 4.90 Å². The molecular weight excluding hydrogens is 481 g/mol. The summed E-state index contributed by atoms with van der Waals surface area (Å²) in [4.78, 5) is 12.6. The second-order valence-electron chi connectivity index (χ2n) is 7.12. The number of primary sulfonamides is 1. The van der Waals surface area contributed by atoms with Gasteiger partial charge in [-0.15, -0.1) is 0 Å². The molecule has 0 aliphatic carbocycles. The number of carbonyl (C=O) groups excluding carboxylic acids is 1. The van der Waals surface area contributed by atoms with Crippen molar-refractivity contribution < 1.29 is 17.6 Å². The van der Waals surface area contributed by atoms with Crippen LogP contribution in [0.1, 0.15) is 16.1 Å². The van der Waals surface area contributed by atoms with Gasteiger partial charge in [0.1, 0.15) is 5.82 Å². The SMILES string of the molecule is NS(=O)(=O)c1ccc(-n2nc(C(=O)N/N=C\c3ccc(F)cc3)cc2-c2ccc(Cl)cc2)cc1. The predicted octanol–water partition coefficient (Wildman–Crippen LogP) is 3.74. The van der Waals surface area contributed by atoms with Gasteiger partial charge in [-0.1, -0.05) is 35.9 Å². The topological polar surface area (TPSA) is 119 Å². The number of aromatic nitrogens is 2. The molecule has 4 rings (SSSR count). The monoisotopic (exact) mass is 497 g/mol. The number of hydrogen-bond donors (Lipinski definition) is 2. The van der Waals surface area contributed by atoms with Crippen LogP contribution in [-0.4, -0.2) is 30.3 Å². The van der Waals surface area contributed by atoms with E-state index in [1.54, 1.807) is 30.3 Å². The van der Waals surface area contributed by atoms with Crippen LogP contribution in [0.3, 0.4) is 0 Å². The largest absolute Gasteiger partial charge is 0.291 e. The zero-order valence-corrected chi connectivity index (χ0v) is 19.0. The maximum atomic E-state index is 13.0. The number of benzene rings is 3. The Morgan fingerprint density at radius 1 is 1.03 bits per heavy atom.